The number of thiophene rings is 1. The first-order valence-electron chi connectivity index (χ1n) is 3.74. The molecular formula is C9H7BrClNS. The molecule has 0 amide bonds. The fourth-order valence-corrected chi connectivity index (χ4v) is 3.10. The highest BCUT2D eigenvalue weighted by molar-refractivity contribution is 9.08. The van der Waals surface area contributed by atoms with Crippen LogP contribution in [0.15, 0.2) is 18.2 Å². The van der Waals surface area contributed by atoms with E-state index in [0.717, 1.165) is 20.7 Å². The Morgan fingerprint density at radius 2 is 2.15 bits per heavy atom. The van der Waals surface area contributed by atoms with E-state index in [1.807, 2.05) is 18.2 Å². The summed E-state index contributed by atoms with van der Waals surface area (Å²) in [5.74, 6) is 0. The van der Waals surface area contributed by atoms with E-state index in [-0.39, 0.29) is 0 Å². The third-order valence-electron chi connectivity index (χ3n) is 1.82. The standard InChI is InChI=1S/C9H7BrClNS/c10-4-6-2-7(11)1-5-3-8(12)13-9(5)6/h1-3H,4,12H2. The molecule has 0 unspecified atom stereocenters. The lowest BCUT2D eigenvalue weighted by molar-refractivity contribution is 1.51. The van der Waals surface area contributed by atoms with Gasteiger partial charge in [-0.1, -0.05) is 27.5 Å². The number of benzene rings is 1. The van der Waals surface area contributed by atoms with Crippen molar-refractivity contribution in [2.24, 2.45) is 0 Å². The summed E-state index contributed by atoms with van der Waals surface area (Å²) in [5, 5.41) is 3.54. The Bertz CT molecular complexity index is 452. The maximum Gasteiger partial charge on any atom is 0.0868 e. The Kier molecular flexibility index (Phi) is 2.49. The highest BCUT2D eigenvalue weighted by Crippen LogP contribution is 2.33. The largest absolute Gasteiger partial charge is 0.391 e. The molecule has 0 saturated carbocycles. The number of anilines is 1. The van der Waals surface area contributed by atoms with Crippen molar-refractivity contribution in [2.75, 3.05) is 5.73 Å². The number of rotatable bonds is 1. The molecule has 13 heavy (non-hydrogen) atoms. The van der Waals surface area contributed by atoms with E-state index in [9.17, 15) is 0 Å². The molecule has 0 fully saturated rings. The molecule has 1 nitrogen and oxygen atoms in total. The summed E-state index contributed by atoms with van der Waals surface area (Å²) < 4.78 is 1.22. The summed E-state index contributed by atoms with van der Waals surface area (Å²) in [4.78, 5) is 0. The first kappa shape index (κ1) is 9.31. The summed E-state index contributed by atoms with van der Waals surface area (Å²) in [6.45, 7) is 0. The van der Waals surface area contributed by atoms with Crippen molar-refractivity contribution in [3.63, 3.8) is 0 Å². The van der Waals surface area contributed by atoms with Crippen LogP contribution >= 0.6 is 38.9 Å². The number of hydrogen-bond acceptors (Lipinski definition) is 2. The Hall–Kier alpha value is -0.250. The first-order chi connectivity index (χ1) is 6.20. The minimum atomic E-state index is 0.764. The van der Waals surface area contributed by atoms with Crippen molar-refractivity contribution in [1.29, 1.82) is 0 Å². The van der Waals surface area contributed by atoms with Gasteiger partial charge in [-0.2, -0.15) is 0 Å². The molecule has 0 bridgehead atoms. The fraction of sp³-hybridized carbons (Fsp3) is 0.111. The van der Waals surface area contributed by atoms with E-state index in [4.69, 9.17) is 17.3 Å². The van der Waals surface area contributed by atoms with Crippen LogP contribution in [0.2, 0.25) is 5.02 Å². The zero-order valence-corrected chi connectivity index (χ0v) is 9.84. The smallest absolute Gasteiger partial charge is 0.0868 e. The molecule has 0 spiro atoms. The van der Waals surface area contributed by atoms with Gasteiger partial charge in [-0.05, 0) is 29.1 Å². The molecule has 2 rings (SSSR count). The zero-order valence-electron chi connectivity index (χ0n) is 6.68. The number of halogens is 2. The van der Waals surface area contributed by atoms with Gasteiger partial charge in [0.25, 0.3) is 0 Å². The molecule has 4 heteroatoms. The van der Waals surface area contributed by atoms with Crippen LogP contribution < -0.4 is 5.73 Å². The van der Waals surface area contributed by atoms with Crippen LogP contribution in [-0.4, -0.2) is 0 Å². The monoisotopic (exact) mass is 275 g/mol. The molecule has 68 valence electrons. The number of fused-ring (bicyclic) bond motifs is 1. The highest BCUT2D eigenvalue weighted by atomic mass is 79.9. The van der Waals surface area contributed by atoms with Crippen LogP contribution in [0.1, 0.15) is 5.56 Å². The third kappa shape index (κ3) is 1.68. The van der Waals surface area contributed by atoms with Crippen LogP contribution in [-0.2, 0) is 5.33 Å². The molecule has 0 aliphatic rings. The topological polar surface area (TPSA) is 26.0 Å². The van der Waals surface area contributed by atoms with Gasteiger partial charge in [0.2, 0.25) is 0 Å². The van der Waals surface area contributed by atoms with Crippen molar-refractivity contribution < 1.29 is 0 Å². The van der Waals surface area contributed by atoms with Gasteiger partial charge in [0.1, 0.15) is 0 Å². The van der Waals surface area contributed by atoms with Crippen molar-refractivity contribution in [3.8, 4) is 0 Å². The Labute approximate surface area is 93.6 Å². The molecule has 2 N–H and O–H groups in total. The summed E-state index contributed by atoms with van der Waals surface area (Å²) >= 11 is 11.0. The highest BCUT2D eigenvalue weighted by Gasteiger charge is 2.05. The molecular weight excluding hydrogens is 270 g/mol. The minimum Gasteiger partial charge on any atom is -0.391 e. The minimum absolute atomic E-state index is 0.764. The number of alkyl halides is 1. The molecule has 1 aromatic heterocycles. The van der Waals surface area contributed by atoms with Crippen LogP contribution in [0.4, 0.5) is 5.00 Å². The predicted molar refractivity (Wildman–Crippen MR) is 63.9 cm³/mol. The average molecular weight is 277 g/mol. The lowest BCUT2D eigenvalue weighted by Crippen LogP contribution is -1.76. The van der Waals surface area contributed by atoms with Gasteiger partial charge in [-0.3, -0.25) is 0 Å². The normalized spacial score (nSPS) is 10.9. The van der Waals surface area contributed by atoms with Crippen LogP contribution in [0, 0.1) is 0 Å². The van der Waals surface area contributed by atoms with E-state index in [1.54, 1.807) is 11.3 Å². The van der Waals surface area contributed by atoms with E-state index >= 15 is 0 Å². The van der Waals surface area contributed by atoms with Gasteiger partial charge in [-0.25, -0.2) is 0 Å². The van der Waals surface area contributed by atoms with Gasteiger partial charge < -0.3 is 5.73 Å². The van der Waals surface area contributed by atoms with Crippen LogP contribution in [0.5, 0.6) is 0 Å². The van der Waals surface area contributed by atoms with Crippen LogP contribution in [0.3, 0.4) is 0 Å². The molecule has 2 aromatic rings. The maximum absolute atomic E-state index is 5.95. The maximum atomic E-state index is 5.95. The Morgan fingerprint density at radius 3 is 2.85 bits per heavy atom. The van der Waals surface area contributed by atoms with E-state index in [2.05, 4.69) is 15.9 Å². The van der Waals surface area contributed by atoms with Gasteiger partial charge in [-0.15, -0.1) is 11.3 Å². The molecule has 0 saturated heterocycles. The second kappa shape index (κ2) is 3.48. The number of nitrogen functional groups attached to an aromatic ring is 1. The lowest BCUT2D eigenvalue weighted by atomic mass is 10.2. The van der Waals surface area contributed by atoms with E-state index in [1.165, 1.54) is 10.3 Å². The summed E-state index contributed by atoms with van der Waals surface area (Å²) in [7, 11) is 0. The third-order valence-corrected chi connectivity index (χ3v) is 3.70. The molecule has 0 aliphatic carbocycles. The molecule has 0 radical (unpaired) electrons. The van der Waals surface area contributed by atoms with Gasteiger partial charge in [0.15, 0.2) is 0 Å². The lowest BCUT2D eigenvalue weighted by Gasteiger charge is -1.98. The molecule has 0 aliphatic heterocycles. The Balaban J connectivity index is 2.80. The average Bonchev–Trinajstić information content (AvgIpc) is 2.43. The molecule has 1 aromatic carbocycles. The van der Waals surface area contributed by atoms with Crippen LogP contribution in [0.25, 0.3) is 10.1 Å². The van der Waals surface area contributed by atoms with Crippen molar-refractivity contribution in [2.45, 2.75) is 5.33 Å². The molecule has 0 atom stereocenters. The van der Waals surface area contributed by atoms with Gasteiger partial charge in [0.05, 0.1) is 5.00 Å². The van der Waals surface area contributed by atoms with Crippen molar-refractivity contribution in [3.05, 3.63) is 28.8 Å². The SMILES string of the molecule is Nc1cc2cc(Cl)cc(CBr)c2s1. The second-order valence-corrected chi connectivity index (χ2v) is 4.85. The second-order valence-electron chi connectivity index (χ2n) is 2.77. The van der Waals surface area contributed by atoms with E-state index < -0.39 is 0 Å². The van der Waals surface area contributed by atoms with Gasteiger partial charge in [0, 0.05) is 15.1 Å². The summed E-state index contributed by atoms with van der Waals surface area (Å²) in [6, 6.07) is 5.86. The van der Waals surface area contributed by atoms with Gasteiger partial charge >= 0.3 is 0 Å². The van der Waals surface area contributed by atoms with Crippen molar-refractivity contribution in [1.82, 2.24) is 0 Å². The summed E-state index contributed by atoms with van der Waals surface area (Å²) in [6.07, 6.45) is 0. The molecule has 1 heterocycles. The van der Waals surface area contributed by atoms with Crippen molar-refractivity contribution >= 4 is 54.0 Å². The number of nitrogens with two attached hydrogens (primary N) is 1. The quantitative estimate of drug-likeness (QED) is 0.782. The predicted octanol–water partition coefficient (Wildman–Crippen LogP) is 4.03. The first-order valence-corrected chi connectivity index (χ1v) is 6.05. The summed E-state index contributed by atoms with van der Waals surface area (Å²) in [5.41, 5.74) is 6.92. The number of hydrogen-bond donors (Lipinski definition) is 1. The van der Waals surface area contributed by atoms with E-state index in [0.29, 0.717) is 0 Å². The fourth-order valence-electron chi connectivity index (χ4n) is 1.30. The Morgan fingerprint density at radius 1 is 1.38 bits per heavy atom. The zero-order chi connectivity index (χ0) is 9.42.